The lowest BCUT2D eigenvalue weighted by molar-refractivity contribution is -0.128. The zero-order valence-electron chi connectivity index (χ0n) is 17.6. The Bertz CT molecular complexity index is 475. The minimum absolute atomic E-state index is 0.0655. The van der Waals surface area contributed by atoms with Gasteiger partial charge in [0, 0.05) is 50.8 Å². The van der Waals surface area contributed by atoms with Crippen molar-refractivity contribution in [2.75, 3.05) is 52.5 Å². The van der Waals surface area contributed by atoms with Gasteiger partial charge in [0.15, 0.2) is 5.96 Å². The Kier molecular flexibility index (Phi) is 8.83. The van der Waals surface area contributed by atoms with Gasteiger partial charge in [-0.3, -0.25) is 9.79 Å². The molecule has 3 N–H and O–H groups in total. The van der Waals surface area contributed by atoms with Gasteiger partial charge in [-0.2, -0.15) is 0 Å². The molecule has 2 saturated heterocycles. The minimum Gasteiger partial charge on any atom is -0.381 e. The van der Waals surface area contributed by atoms with Crippen LogP contribution >= 0.6 is 0 Å². The van der Waals surface area contributed by atoms with Crippen LogP contribution in [0.2, 0.25) is 0 Å². The SMILES string of the molecule is CCNC(=NCCNC(=O)C(C)(C)C)NC1CCN(CC2CCOC2)CC1. The molecule has 27 heavy (non-hydrogen) atoms. The maximum atomic E-state index is 11.9. The van der Waals surface area contributed by atoms with Crippen molar-refractivity contribution in [2.45, 2.75) is 53.0 Å². The molecule has 0 aromatic heterocycles. The number of ether oxygens (including phenoxy) is 1. The molecule has 7 nitrogen and oxygen atoms in total. The van der Waals surface area contributed by atoms with Crippen LogP contribution < -0.4 is 16.0 Å². The van der Waals surface area contributed by atoms with Crippen molar-refractivity contribution in [2.24, 2.45) is 16.3 Å². The Morgan fingerprint density at radius 3 is 2.52 bits per heavy atom. The quantitative estimate of drug-likeness (QED) is 0.351. The summed E-state index contributed by atoms with van der Waals surface area (Å²) in [6, 6.07) is 0.461. The summed E-state index contributed by atoms with van der Waals surface area (Å²) in [6.45, 7) is 15.1. The number of guanidine groups is 1. The van der Waals surface area contributed by atoms with Gasteiger partial charge in [-0.1, -0.05) is 20.8 Å². The average Bonchev–Trinajstić information content (AvgIpc) is 3.12. The van der Waals surface area contributed by atoms with E-state index in [1.54, 1.807) is 0 Å². The molecule has 2 aliphatic heterocycles. The molecule has 0 aromatic carbocycles. The number of carbonyl (C=O) groups excluding carboxylic acids is 1. The molecule has 0 radical (unpaired) electrons. The molecule has 2 aliphatic rings. The zero-order chi connectivity index (χ0) is 19.7. The molecule has 1 unspecified atom stereocenters. The maximum absolute atomic E-state index is 11.9. The van der Waals surface area contributed by atoms with Crippen molar-refractivity contribution >= 4 is 11.9 Å². The summed E-state index contributed by atoms with van der Waals surface area (Å²) in [5.41, 5.74) is -0.356. The summed E-state index contributed by atoms with van der Waals surface area (Å²) in [5, 5.41) is 9.82. The lowest BCUT2D eigenvalue weighted by atomic mass is 9.96. The molecular formula is C20H39N5O2. The molecule has 2 heterocycles. The van der Waals surface area contributed by atoms with Crippen molar-refractivity contribution in [1.29, 1.82) is 0 Å². The van der Waals surface area contributed by atoms with Gasteiger partial charge in [-0.15, -0.1) is 0 Å². The summed E-state index contributed by atoms with van der Waals surface area (Å²) in [6.07, 6.45) is 3.48. The number of nitrogens with zero attached hydrogens (tertiary/aromatic N) is 2. The van der Waals surface area contributed by atoms with Crippen molar-refractivity contribution in [3.8, 4) is 0 Å². The zero-order valence-corrected chi connectivity index (χ0v) is 17.6. The lowest BCUT2D eigenvalue weighted by Gasteiger charge is -2.34. The molecule has 0 aromatic rings. The fourth-order valence-corrected chi connectivity index (χ4v) is 3.47. The van der Waals surface area contributed by atoms with Crippen molar-refractivity contribution < 1.29 is 9.53 Å². The predicted octanol–water partition coefficient (Wildman–Crippen LogP) is 1.20. The molecule has 7 heteroatoms. The number of aliphatic imine (C=N–C) groups is 1. The van der Waals surface area contributed by atoms with Gasteiger partial charge in [0.1, 0.15) is 0 Å². The number of hydrogen-bond acceptors (Lipinski definition) is 4. The van der Waals surface area contributed by atoms with E-state index in [4.69, 9.17) is 4.74 Å². The third-order valence-electron chi connectivity index (χ3n) is 5.16. The standard InChI is InChI=1S/C20H39N5O2/c1-5-21-19(23-10-9-22-18(26)20(2,3)4)24-17-6-11-25(12-7-17)14-16-8-13-27-15-16/h16-17H,5-15H2,1-4H3,(H,22,26)(H2,21,23,24). The van der Waals surface area contributed by atoms with Crippen LogP contribution in [0.1, 0.15) is 47.0 Å². The van der Waals surface area contributed by atoms with Crippen molar-refractivity contribution in [1.82, 2.24) is 20.9 Å². The summed E-state index contributed by atoms with van der Waals surface area (Å²) < 4.78 is 5.49. The highest BCUT2D eigenvalue weighted by Gasteiger charge is 2.24. The molecule has 0 saturated carbocycles. The number of amides is 1. The Balaban J connectivity index is 1.69. The van der Waals surface area contributed by atoms with Crippen LogP contribution in [-0.2, 0) is 9.53 Å². The molecule has 2 rings (SSSR count). The molecule has 2 fully saturated rings. The predicted molar refractivity (Wildman–Crippen MR) is 110 cm³/mol. The normalized spacial score (nSPS) is 22.7. The third kappa shape index (κ3) is 8.05. The summed E-state index contributed by atoms with van der Waals surface area (Å²) in [5.74, 6) is 1.64. The van der Waals surface area contributed by atoms with E-state index >= 15 is 0 Å². The fourth-order valence-electron chi connectivity index (χ4n) is 3.47. The number of hydrogen-bond donors (Lipinski definition) is 3. The summed E-state index contributed by atoms with van der Waals surface area (Å²) >= 11 is 0. The van der Waals surface area contributed by atoms with Gasteiger partial charge in [0.05, 0.1) is 13.2 Å². The van der Waals surface area contributed by atoms with E-state index < -0.39 is 0 Å². The molecule has 0 bridgehead atoms. The second kappa shape index (κ2) is 10.9. The molecule has 1 amide bonds. The first kappa shape index (κ1) is 22.0. The minimum atomic E-state index is -0.356. The van der Waals surface area contributed by atoms with Gasteiger partial charge >= 0.3 is 0 Å². The van der Waals surface area contributed by atoms with Crippen LogP contribution in [0.3, 0.4) is 0 Å². The van der Waals surface area contributed by atoms with Crippen LogP contribution in [0.25, 0.3) is 0 Å². The van der Waals surface area contributed by atoms with Crippen LogP contribution in [0.4, 0.5) is 0 Å². The van der Waals surface area contributed by atoms with Gasteiger partial charge in [-0.05, 0) is 32.1 Å². The van der Waals surface area contributed by atoms with Crippen molar-refractivity contribution in [3.05, 3.63) is 0 Å². The van der Waals surface area contributed by atoms with E-state index in [0.717, 1.165) is 57.6 Å². The first-order chi connectivity index (χ1) is 12.9. The van der Waals surface area contributed by atoms with Gasteiger partial charge in [0.2, 0.25) is 5.91 Å². The fraction of sp³-hybridized carbons (Fsp3) is 0.900. The second-order valence-corrected chi connectivity index (χ2v) is 8.72. The van der Waals surface area contributed by atoms with Crippen LogP contribution in [0.15, 0.2) is 4.99 Å². The highest BCUT2D eigenvalue weighted by Crippen LogP contribution is 2.17. The van der Waals surface area contributed by atoms with Crippen LogP contribution in [-0.4, -0.2) is 75.3 Å². The number of piperidine rings is 1. The van der Waals surface area contributed by atoms with Crippen LogP contribution in [0, 0.1) is 11.3 Å². The van der Waals surface area contributed by atoms with Gasteiger partial charge in [0.25, 0.3) is 0 Å². The van der Waals surface area contributed by atoms with Gasteiger partial charge in [-0.25, -0.2) is 0 Å². The third-order valence-corrected chi connectivity index (χ3v) is 5.16. The molecular weight excluding hydrogens is 342 g/mol. The summed E-state index contributed by atoms with van der Waals surface area (Å²) in [7, 11) is 0. The van der Waals surface area contributed by atoms with Crippen molar-refractivity contribution in [3.63, 3.8) is 0 Å². The lowest BCUT2D eigenvalue weighted by Crippen LogP contribution is -2.49. The maximum Gasteiger partial charge on any atom is 0.225 e. The Labute approximate surface area is 164 Å². The average molecular weight is 382 g/mol. The highest BCUT2D eigenvalue weighted by molar-refractivity contribution is 5.81. The van der Waals surface area contributed by atoms with Gasteiger partial charge < -0.3 is 25.6 Å². The van der Waals surface area contributed by atoms with E-state index in [9.17, 15) is 4.79 Å². The topological polar surface area (TPSA) is 78.0 Å². The smallest absolute Gasteiger partial charge is 0.225 e. The number of nitrogens with one attached hydrogen (secondary N) is 3. The Hall–Kier alpha value is -1.34. The van der Waals surface area contributed by atoms with E-state index in [1.165, 1.54) is 13.0 Å². The van der Waals surface area contributed by atoms with E-state index in [1.807, 2.05) is 20.8 Å². The monoisotopic (exact) mass is 381 g/mol. The van der Waals surface area contributed by atoms with E-state index in [-0.39, 0.29) is 11.3 Å². The number of rotatable bonds is 7. The Morgan fingerprint density at radius 1 is 1.19 bits per heavy atom. The molecule has 156 valence electrons. The number of likely N-dealkylation sites (tertiary alicyclic amines) is 1. The first-order valence-corrected chi connectivity index (χ1v) is 10.5. The largest absolute Gasteiger partial charge is 0.381 e. The van der Waals surface area contributed by atoms with E-state index in [0.29, 0.717) is 19.1 Å². The van der Waals surface area contributed by atoms with E-state index in [2.05, 4.69) is 32.8 Å². The Morgan fingerprint density at radius 2 is 1.93 bits per heavy atom. The molecule has 0 spiro atoms. The molecule has 0 aliphatic carbocycles. The number of carbonyl (C=O) groups is 1. The van der Waals surface area contributed by atoms with Crippen LogP contribution in [0.5, 0.6) is 0 Å². The highest BCUT2D eigenvalue weighted by atomic mass is 16.5. The first-order valence-electron chi connectivity index (χ1n) is 10.5. The second-order valence-electron chi connectivity index (χ2n) is 8.72. The molecule has 1 atom stereocenters. The summed E-state index contributed by atoms with van der Waals surface area (Å²) in [4.78, 5) is 19.1.